The van der Waals surface area contributed by atoms with E-state index in [4.69, 9.17) is 4.74 Å². The van der Waals surface area contributed by atoms with Crippen molar-refractivity contribution in [2.24, 2.45) is 5.92 Å². The van der Waals surface area contributed by atoms with E-state index < -0.39 is 17.5 Å². The predicted octanol–water partition coefficient (Wildman–Crippen LogP) is 6.83. The van der Waals surface area contributed by atoms with E-state index in [0.717, 1.165) is 25.0 Å². The topological polar surface area (TPSA) is 9.23 Å². The Morgan fingerprint density at radius 2 is 1.48 bits per heavy atom. The van der Waals surface area contributed by atoms with Gasteiger partial charge in [-0.2, -0.15) is 0 Å². The Kier molecular flexibility index (Phi) is 9.55. The zero-order valence-corrected chi connectivity index (χ0v) is 16.1. The third kappa shape index (κ3) is 7.39. The number of benzene rings is 1. The van der Waals surface area contributed by atoms with Gasteiger partial charge in [0.25, 0.3) is 0 Å². The Hall–Kier alpha value is -1.03. The maximum absolute atomic E-state index is 13.9. The summed E-state index contributed by atoms with van der Waals surface area (Å²) in [6.07, 6.45) is 9.11. The monoisotopic (exact) mass is 358 g/mol. The van der Waals surface area contributed by atoms with Crippen LogP contribution in [0.25, 0.3) is 0 Å². The summed E-state index contributed by atoms with van der Waals surface area (Å²) in [5.74, 6) is -2.27. The van der Waals surface area contributed by atoms with Crippen molar-refractivity contribution in [2.75, 3.05) is 7.11 Å². The Morgan fingerprint density at radius 3 is 2.04 bits per heavy atom. The molecule has 1 nitrogen and oxygen atoms in total. The highest BCUT2D eigenvalue weighted by Crippen LogP contribution is 2.31. The lowest BCUT2D eigenvalue weighted by Gasteiger charge is -2.33. The first-order chi connectivity index (χ1) is 11.8. The second kappa shape index (κ2) is 10.8. The Balaban J connectivity index is 2.63. The normalized spacial score (nSPS) is 13.2. The minimum absolute atomic E-state index is 0.0266. The lowest BCUT2D eigenvalue weighted by Crippen LogP contribution is -2.34. The Morgan fingerprint density at radius 1 is 0.920 bits per heavy atom. The number of methoxy groups -OCH3 is 1. The highest BCUT2D eigenvalue weighted by molar-refractivity contribution is 5.21. The van der Waals surface area contributed by atoms with Gasteiger partial charge in [-0.25, -0.2) is 13.2 Å². The lowest BCUT2D eigenvalue weighted by atomic mass is 9.81. The van der Waals surface area contributed by atoms with Gasteiger partial charge in [-0.15, -0.1) is 0 Å². The van der Waals surface area contributed by atoms with Gasteiger partial charge in [-0.05, 0) is 39.0 Å². The van der Waals surface area contributed by atoms with Gasteiger partial charge in [0.05, 0.1) is 5.60 Å². The minimum atomic E-state index is -0.875. The number of hydrogen-bond donors (Lipinski definition) is 0. The fourth-order valence-electron chi connectivity index (χ4n) is 3.31. The maximum atomic E-state index is 13.9. The SMILES string of the molecule is CCCCCCCCC(CCc1c(F)cc(F)cc1F)C(C)(C)OC. The summed E-state index contributed by atoms with van der Waals surface area (Å²) >= 11 is 0. The van der Waals surface area contributed by atoms with Crippen molar-refractivity contribution < 1.29 is 17.9 Å². The van der Waals surface area contributed by atoms with Crippen LogP contribution in [0.5, 0.6) is 0 Å². The quantitative estimate of drug-likeness (QED) is 0.372. The minimum Gasteiger partial charge on any atom is -0.379 e. The molecule has 0 amide bonds. The van der Waals surface area contributed by atoms with Gasteiger partial charge in [-0.1, -0.05) is 45.4 Å². The molecule has 0 bridgehead atoms. The van der Waals surface area contributed by atoms with Gasteiger partial charge < -0.3 is 4.74 Å². The van der Waals surface area contributed by atoms with Crippen molar-refractivity contribution in [1.82, 2.24) is 0 Å². The summed E-state index contributed by atoms with van der Waals surface area (Å²) in [7, 11) is 1.67. The molecule has 1 atom stereocenters. The van der Waals surface area contributed by atoms with Crippen LogP contribution in [0.4, 0.5) is 13.2 Å². The van der Waals surface area contributed by atoms with E-state index in [2.05, 4.69) is 6.92 Å². The molecule has 144 valence electrons. The van der Waals surface area contributed by atoms with Gasteiger partial charge in [0.2, 0.25) is 0 Å². The second-order valence-corrected chi connectivity index (χ2v) is 7.45. The third-order valence-corrected chi connectivity index (χ3v) is 5.26. The van der Waals surface area contributed by atoms with E-state index in [1.807, 2.05) is 13.8 Å². The lowest BCUT2D eigenvalue weighted by molar-refractivity contribution is -0.0345. The summed E-state index contributed by atoms with van der Waals surface area (Å²) in [4.78, 5) is 0. The summed E-state index contributed by atoms with van der Waals surface area (Å²) in [5.41, 5.74) is -0.377. The van der Waals surface area contributed by atoms with Gasteiger partial charge in [0, 0.05) is 24.8 Å². The molecule has 1 aromatic rings. The second-order valence-electron chi connectivity index (χ2n) is 7.45. The first-order valence-electron chi connectivity index (χ1n) is 9.50. The molecule has 0 aliphatic rings. The number of unbranched alkanes of at least 4 members (excludes halogenated alkanes) is 5. The molecule has 0 saturated heterocycles. The molecule has 0 N–H and O–H groups in total. The molecule has 0 fully saturated rings. The van der Waals surface area contributed by atoms with Crippen LogP contribution < -0.4 is 0 Å². The van der Waals surface area contributed by atoms with E-state index in [1.165, 1.54) is 32.1 Å². The molecule has 1 unspecified atom stereocenters. The van der Waals surface area contributed by atoms with Crippen molar-refractivity contribution in [3.05, 3.63) is 35.1 Å². The van der Waals surface area contributed by atoms with Crippen LogP contribution in [0.1, 0.15) is 77.7 Å². The molecule has 0 heterocycles. The highest BCUT2D eigenvalue weighted by atomic mass is 19.1. The smallest absolute Gasteiger partial charge is 0.132 e. The zero-order chi connectivity index (χ0) is 18.9. The predicted molar refractivity (Wildman–Crippen MR) is 97.2 cm³/mol. The highest BCUT2D eigenvalue weighted by Gasteiger charge is 2.29. The molecule has 1 aromatic carbocycles. The fraction of sp³-hybridized carbons (Fsp3) is 0.714. The molecule has 4 heteroatoms. The van der Waals surface area contributed by atoms with Crippen LogP contribution in [0.2, 0.25) is 0 Å². The largest absolute Gasteiger partial charge is 0.379 e. The van der Waals surface area contributed by atoms with E-state index in [0.29, 0.717) is 6.42 Å². The molecule has 0 aromatic heterocycles. The van der Waals surface area contributed by atoms with E-state index in [-0.39, 0.29) is 23.5 Å². The molecule has 0 spiro atoms. The standard InChI is InChI=1S/C21H33F3O/c1-5-6-7-8-9-10-11-16(21(2,3)25-4)12-13-18-19(23)14-17(22)15-20(18)24/h14-16H,5-13H2,1-4H3. The van der Waals surface area contributed by atoms with E-state index >= 15 is 0 Å². The molecule has 0 radical (unpaired) electrons. The van der Waals surface area contributed by atoms with Crippen LogP contribution >= 0.6 is 0 Å². The summed E-state index contributed by atoms with van der Waals surface area (Å²) in [5, 5.41) is 0. The Bertz CT molecular complexity index is 491. The maximum Gasteiger partial charge on any atom is 0.132 e. The average molecular weight is 358 g/mol. The van der Waals surface area contributed by atoms with E-state index in [1.54, 1.807) is 7.11 Å². The average Bonchev–Trinajstić information content (AvgIpc) is 2.54. The van der Waals surface area contributed by atoms with Crippen molar-refractivity contribution in [3.8, 4) is 0 Å². The van der Waals surface area contributed by atoms with Gasteiger partial charge in [0.15, 0.2) is 0 Å². The van der Waals surface area contributed by atoms with Crippen LogP contribution in [0.3, 0.4) is 0 Å². The molecule has 0 saturated carbocycles. The zero-order valence-electron chi connectivity index (χ0n) is 16.1. The molecule has 25 heavy (non-hydrogen) atoms. The van der Waals surface area contributed by atoms with Gasteiger partial charge in [-0.3, -0.25) is 0 Å². The van der Waals surface area contributed by atoms with Gasteiger partial charge >= 0.3 is 0 Å². The van der Waals surface area contributed by atoms with Crippen LogP contribution in [0, 0.1) is 23.4 Å². The number of halogens is 3. The molecular formula is C21H33F3O. The Labute approximate surface area is 151 Å². The molecular weight excluding hydrogens is 325 g/mol. The van der Waals surface area contributed by atoms with Crippen LogP contribution in [-0.2, 0) is 11.2 Å². The fourth-order valence-corrected chi connectivity index (χ4v) is 3.31. The van der Waals surface area contributed by atoms with Crippen molar-refractivity contribution in [2.45, 2.75) is 84.2 Å². The third-order valence-electron chi connectivity index (χ3n) is 5.26. The van der Waals surface area contributed by atoms with Gasteiger partial charge in [0.1, 0.15) is 17.5 Å². The summed E-state index contributed by atoms with van der Waals surface area (Å²) in [6, 6.07) is 1.51. The van der Waals surface area contributed by atoms with Crippen molar-refractivity contribution >= 4 is 0 Å². The summed E-state index contributed by atoms with van der Waals surface area (Å²) < 4.78 is 46.4. The van der Waals surface area contributed by atoms with Crippen LogP contribution in [-0.4, -0.2) is 12.7 Å². The number of hydrogen-bond acceptors (Lipinski definition) is 1. The van der Waals surface area contributed by atoms with E-state index in [9.17, 15) is 13.2 Å². The number of rotatable bonds is 12. The molecule has 0 aliphatic carbocycles. The molecule has 0 aliphatic heterocycles. The first-order valence-corrected chi connectivity index (χ1v) is 9.50. The van der Waals surface area contributed by atoms with Crippen molar-refractivity contribution in [3.63, 3.8) is 0 Å². The molecule has 1 rings (SSSR count). The van der Waals surface area contributed by atoms with Crippen molar-refractivity contribution in [1.29, 1.82) is 0 Å². The van der Waals surface area contributed by atoms with Crippen LogP contribution in [0.15, 0.2) is 12.1 Å². The number of ether oxygens (including phenoxy) is 1. The summed E-state index contributed by atoms with van der Waals surface area (Å²) in [6.45, 7) is 6.24. The first kappa shape index (κ1) is 22.0.